The molecule has 15 heavy (non-hydrogen) atoms. The molecule has 1 aliphatic carbocycles. The minimum absolute atomic E-state index is 0.0703. The zero-order valence-electron chi connectivity index (χ0n) is 8.62. The number of benzene rings is 1. The fraction of sp³-hybridized carbons (Fsp3) is 0.455. The van der Waals surface area contributed by atoms with Crippen LogP contribution in [0, 0.1) is 0 Å². The molecule has 82 valence electrons. The van der Waals surface area contributed by atoms with Gasteiger partial charge in [-0.1, -0.05) is 6.07 Å². The van der Waals surface area contributed by atoms with E-state index in [0.29, 0.717) is 12.0 Å². The second-order valence-corrected chi connectivity index (χ2v) is 4.15. The van der Waals surface area contributed by atoms with Crippen molar-refractivity contribution in [2.45, 2.75) is 24.8 Å². The summed E-state index contributed by atoms with van der Waals surface area (Å²) in [7, 11) is 1.89. The fourth-order valence-electron chi connectivity index (χ4n) is 1.78. The molecule has 2 rings (SSSR count). The SMILES string of the molecule is CNC1(Cc2ccc(O)c(O)c2O)CC1. The van der Waals surface area contributed by atoms with Crippen LogP contribution in [0.1, 0.15) is 18.4 Å². The van der Waals surface area contributed by atoms with Gasteiger partial charge in [0.1, 0.15) is 0 Å². The van der Waals surface area contributed by atoms with E-state index in [-0.39, 0.29) is 17.0 Å². The topological polar surface area (TPSA) is 72.7 Å². The monoisotopic (exact) mass is 209 g/mol. The van der Waals surface area contributed by atoms with Crippen LogP contribution in [0.2, 0.25) is 0 Å². The predicted octanol–water partition coefficient (Wildman–Crippen LogP) is 1.10. The van der Waals surface area contributed by atoms with Gasteiger partial charge in [-0.25, -0.2) is 0 Å². The van der Waals surface area contributed by atoms with Crippen LogP contribution in [-0.4, -0.2) is 27.9 Å². The molecule has 0 aliphatic heterocycles. The van der Waals surface area contributed by atoms with E-state index in [9.17, 15) is 15.3 Å². The highest BCUT2D eigenvalue weighted by Crippen LogP contribution is 2.43. The molecule has 1 saturated carbocycles. The van der Waals surface area contributed by atoms with Gasteiger partial charge in [0.2, 0.25) is 5.75 Å². The van der Waals surface area contributed by atoms with Gasteiger partial charge < -0.3 is 20.6 Å². The molecule has 0 unspecified atom stereocenters. The summed E-state index contributed by atoms with van der Waals surface area (Å²) >= 11 is 0. The average Bonchev–Trinajstić information content (AvgIpc) is 3.00. The zero-order valence-corrected chi connectivity index (χ0v) is 8.62. The highest BCUT2D eigenvalue weighted by Gasteiger charge is 2.41. The average molecular weight is 209 g/mol. The van der Waals surface area contributed by atoms with E-state index >= 15 is 0 Å². The van der Waals surface area contributed by atoms with Crippen LogP contribution in [0.5, 0.6) is 17.2 Å². The molecule has 0 atom stereocenters. The van der Waals surface area contributed by atoms with Gasteiger partial charge in [0.05, 0.1) is 0 Å². The first kappa shape index (κ1) is 10.1. The maximum absolute atomic E-state index is 9.63. The summed E-state index contributed by atoms with van der Waals surface area (Å²) in [6, 6.07) is 3.04. The molecule has 1 fully saturated rings. The summed E-state index contributed by atoms with van der Waals surface area (Å²) in [5.41, 5.74) is 0.734. The lowest BCUT2D eigenvalue weighted by Crippen LogP contribution is -2.29. The quantitative estimate of drug-likeness (QED) is 0.562. The standard InChI is InChI=1S/C11H15NO3/c1-12-11(4-5-11)6-7-2-3-8(13)10(15)9(7)14/h2-3,12-15H,4-6H2,1H3. The molecule has 0 spiro atoms. The normalized spacial score (nSPS) is 17.7. The molecule has 1 aliphatic rings. The summed E-state index contributed by atoms with van der Waals surface area (Å²) < 4.78 is 0. The fourth-order valence-corrected chi connectivity index (χ4v) is 1.78. The Morgan fingerprint density at radius 3 is 2.40 bits per heavy atom. The molecule has 4 heteroatoms. The van der Waals surface area contributed by atoms with Gasteiger partial charge in [0.15, 0.2) is 11.5 Å². The van der Waals surface area contributed by atoms with Crippen molar-refractivity contribution in [2.75, 3.05) is 7.05 Å². The smallest absolute Gasteiger partial charge is 0.200 e. The lowest BCUT2D eigenvalue weighted by atomic mass is 10.0. The molecule has 0 bridgehead atoms. The first-order valence-electron chi connectivity index (χ1n) is 5.00. The van der Waals surface area contributed by atoms with Gasteiger partial charge in [-0.2, -0.15) is 0 Å². The molecule has 0 radical (unpaired) electrons. The van der Waals surface area contributed by atoms with Crippen molar-refractivity contribution in [3.8, 4) is 17.2 Å². The first-order chi connectivity index (χ1) is 7.08. The van der Waals surface area contributed by atoms with Crippen molar-refractivity contribution >= 4 is 0 Å². The number of hydrogen-bond acceptors (Lipinski definition) is 4. The highest BCUT2D eigenvalue weighted by molar-refractivity contribution is 5.53. The summed E-state index contributed by atoms with van der Waals surface area (Å²) in [6.07, 6.45) is 2.82. The molecule has 0 aromatic heterocycles. The summed E-state index contributed by atoms with van der Waals surface area (Å²) in [4.78, 5) is 0. The van der Waals surface area contributed by atoms with Crippen molar-refractivity contribution in [3.63, 3.8) is 0 Å². The second-order valence-electron chi connectivity index (χ2n) is 4.15. The highest BCUT2D eigenvalue weighted by atomic mass is 16.3. The van der Waals surface area contributed by atoms with Gasteiger partial charge in [-0.05, 0) is 37.9 Å². The minimum Gasteiger partial charge on any atom is -0.504 e. The van der Waals surface area contributed by atoms with Gasteiger partial charge >= 0.3 is 0 Å². The van der Waals surface area contributed by atoms with E-state index in [1.54, 1.807) is 6.07 Å². The third kappa shape index (κ3) is 1.72. The lowest BCUT2D eigenvalue weighted by molar-refractivity contribution is 0.363. The minimum atomic E-state index is -0.431. The van der Waals surface area contributed by atoms with E-state index in [4.69, 9.17) is 0 Å². The number of likely N-dealkylation sites (N-methyl/N-ethyl adjacent to an activating group) is 1. The summed E-state index contributed by atoms with van der Waals surface area (Å²) in [6.45, 7) is 0. The molecule has 0 heterocycles. The van der Waals surface area contributed by atoms with E-state index in [2.05, 4.69) is 5.32 Å². The molecule has 1 aromatic rings. The maximum Gasteiger partial charge on any atom is 0.200 e. The molecule has 0 saturated heterocycles. The van der Waals surface area contributed by atoms with Gasteiger partial charge in [-0.3, -0.25) is 0 Å². The van der Waals surface area contributed by atoms with E-state index < -0.39 is 5.75 Å². The largest absolute Gasteiger partial charge is 0.504 e. The zero-order chi connectivity index (χ0) is 11.1. The molecular weight excluding hydrogens is 194 g/mol. The molecule has 4 nitrogen and oxygen atoms in total. The van der Waals surface area contributed by atoms with E-state index in [1.165, 1.54) is 6.07 Å². The maximum atomic E-state index is 9.63. The number of phenolic OH excluding ortho intramolecular Hbond substituents is 3. The Bertz CT molecular complexity index is 386. The van der Waals surface area contributed by atoms with Crippen LogP contribution in [-0.2, 0) is 6.42 Å². The molecule has 1 aromatic carbocycles. The Labute approximate surface area is 88.2 Å². The van der Waals surface area contributed by atoms with Crippen molar-refractivity contribution in [3.05, 3.63) is 17.7 Å². The van der Waals surface area contributed by atoms with Crippen LogP contribution in [0.3, 0.4) is 0 Å². The number of nitrogens with one attached hydrogen (secondary N) is 1. The van der Waals surface area contributed by atoms with Gasteiger partial charge in [0, 0.05) is 5.54 Å². The number of rotatable bonds is 3. The van der Waals surface area contributed by atoms with Crippen molar-refractivity contribution in [1.29, 1.82) is 0 Å². The van der Waals surface area contributed by atoms with Gasteiger partial charge in [-0.15, -0.1) is 0 Å². The van der Waals surface area contributed by atoms with Crippen molar-refractivity contribution in [2.24, 2.45) is 0 Å². The van der Waals surface area contributed by atoms with Crippen molar-refractivity contribution < 1.29 is 15.3 Å². The Morgan fingerprint density at radius 2 is 1.87 bits per heavy atom. The lowest BCUT2D eigenvalue weighted by Gasteiger charge is -2.15. The summed E-state index contributed by atoms with van der Waals surface area (Å²) in [5.74, 6) is -0.929. The number of phenols is 3. The molecule has 4 N–H and O–H groups in total. The van der Waals surface area contributed by atoms with Crippen LogP contribution in [0.15, 0.2) is 12.1 Å². The van der Waals surface area contributed by atoms with E-state index in [1.807, 2.05) is 7.05 Å². The van der Waals surface area contributed by atoms with E-state index in [0.717, 1.165) is 12.8 Å². The Balaban J connectivity index is 2.26. The number of hydrogen-bond donors (Lipinski definition) is 4. The Hall–Kier alpha value is -1.42. The van der Waals surface area contributed by atoms with Crippen LogP contribution >= 0.6 is 0 Å². The molecule has 0 amide bonds. The third-order valence-corrected chi connectivity index (χ3v) is 3.13. The Morgan fingerprint density at radius 1 is 1.20 bits per heavy atom. The van der Waals surface area contributed by atoms with Crippen LogP contribution in [0.4, 0.5) is 0 Å². The van der Waals surface area contributed by atoms with Crippen molar-refractivity contribution in [1.82, 2.24) is 5.32 Å². The number of aromatic hydroxyl groups is 3. The van der Waals surface area contributed by atoms with Gasteiger partial charge in [0.25, 0.3) is 0 Å². The second kappa shape index (κ2) is 3.31. The predicted molar refractivity (Wildman–Crippen MR) is 56.2 cm³/mol. The van der Waals surface area contributed by atoms with Crippen LogP contribution in [0.25, 0.3) is 0 Å². The third-order valence-electron chi connectivity index (χ3n) is 3.13. The van der Waals surface area contributed by atoms with Crippen LogP contribution < -0.4 is 5.32 Å². The first-order valence-corrected chi connectivity index (χ1v) is 5.00. The Kier molecular flexibility index (Phi) is 2.23. The molecular formula is C11H15NO3. The summed E-state index contributed by atoms with van der Waals surface area (Å²) in [5, 5.41) is 31.4.